The predicted octanol–water partition coefficient (Wildman–Crippen LogP) is 3.11. The molecule has 100 valence electrons. The SMILES string of the molecule is CN(Cc1nccn1C)C(=O)c1ccc(Cl)cc1Br. The van der Waals surface area contributed by atoms with Crippen molar-refractivity contribution in [2.75, 3.05) is 7.05 Å². The van der Waals surface area contributed by atoms with E-state index in [1.807, 2.05) is 17.8 Å². The van der Waals surface area contributed by atoms with Gasteiger partial charge in [-0.1, -0.05) is 11.6 Å². The lowest BCUT2D eigenvalue weighted by atomic mass is 10.2. The molecule has 0 saturated carbocycles. The van der Waals surface area contributed by atoms with Gasteiger partial charge in [-0.25, -0.2) is 4.98 Å². The Hall–Kier alpha value is -1.33. The average molecular weight is 343 g/mol. The second kappa shape index (κ2) is 5.75. The smallest absolute Gasteiger partial charge is 0.255 e. The van der Waals surface area contributed by atoms with Crippen LogP contribution in [0.25, 0.3) is 0 Å². The van der Waals surface area contributed by atoms with Gasteiger partial charge in [-0.2, -0.15) is 0 Å². The summed E-state index contributed by atoms with van der Waals surface area (Å²) < 4.78 is 2.58. The standard InChI is InChI=1S/C13H13BrClN3O/c1-17-6-5-16-12(17)8-18(2)13(19)10-4-3-9(15)7-11(10)14/h3-7H,8H2,1-2H3. The van der Waals surface area contributed by atoms with Crippen molar-refractivity contribution in [1.82, 2.24) is 14.5 Å². The maximum absolute atomic E-state index is 12.3. The van der Waals surface area contributed by atoms with Crippen molar-refractivity contribution >= 4 is 33.4 Å². The van der Waals surface area contributed by atoms with Crippen LogP contribution in [-0.2, 0) is 13.6 Å². The minimum absolute atomic E-state index is 0.0773. The third-order valence-corrected chi connectivity index (χ3v) is 3.70. The van der Waals surface area contributed by atoms with Gasteiger partial charge in [0.25, 0.3) is 5.91 Å². The Morgan fingerprint density at radius 3 is 2.84 bits per heavy atom. The number of benzene rings is 1. The lowest BCUT2D eigenvalue weighted by molar-refractivity contribution is 0.0779. The summed E-state index contributed by atoms with van der Waals surface area (Å²) in [7, 11) is 3.65. The zero-order valence-electron chi connectivity index (χ0n) is 10.6. The molecule has 0 fully saturated rings. The van der Waals surface area contributed by atoms with Crippen molar-refractivity contribution in [2.45, 2.75) is 6.54 Å². The molecule has 0 atom stereocenters. The first-order valence-electron chi connectivity index (χ1n) is 5.65. The molecule has 0 aliphatic rings. The van der Waals surface area contributed by atoms with E-state index < -0.39 is 0 Å². The van der Waals surface area contributed by atoms with Crippen LogP contribution in [0.4, 0.5) is 0 Å². The van der Waals surface area contributed by atoms with Gasteiger partial charge in [0.15, 0.2) is 0 Å². The van der Waals surface area contributed by atoms with Crippen molar-refractivity contribution in [2.24, 2.45) is 7.05 Å². The Balaban J connectivity index is 2.17. The van der Waals surface area contributed by atoms with Crippen molar-refractivity contribution < 1.29 is 4.79 Å². The largest absolute Gasteiger partial charge is 0.337 e. The first-order valence-corrected chi connectivity index (χ1v) is 6.83. The Morgan fingerprint density at radius 1 is 1.53 bits per heavy atom. The van der Waals surface area contributed by atoms with E-state index in [4.69, 9.17) is 11.6 Å². The number of carbonyl (C=O) groups excluding carboxylic acids is 1. The van der Waals surface area contributed by atoms with E-state index in [1.54, 1.807) is 36.3 Å². The molecule has 0 aliphatic carbocycles. The van der Waals surface area contributed by atoms with E-state index >= 15 is 0 Å². The summed E-state index contributed by atoms with van der Waals surface area (Å²) in [5.41, 5.74) is 0.584. The predicted molar refractivity (Wildman–Crippen MR) is 78.2 cm³/mol. The van der Waals surface area contributed by atoms with Crippen LogP contribution in [0.3, 0.4) is 0 Å². The number of hydrogen-bond donors (Lipinski definition) is 0. The molecule has 2 rings (SSSR count). The molecule has 1 aromatic carbocycles. The first-order chi connectivity index (χ1) is 8.99. The van der Waals surface area contributed by atoms with E-state index in [2.05, 4.69) is 20.9 Å². The van der Waals surface area contributed by atoms with E-state index in [0.717, 1.165) is 5.82 Å². The van der Waals surface area contributed by atoms with Crippen LogP contribution in [0, 0.1) is 0 Å². The number of nitrogens with zero attached hydrogens (tertiary/aromatic N) is 3. The van der Waals surface area contributed by atoms with E-state index in [-0.39, 0.29) is 5.91 Å². The zero-order valence-corrected chi connectivity index (χ0v) is 12.9. The highest BCUT2D eigenvalue weighted by Gasteiger charge is 2.16. The average Bonchev–Trinajstić information content (AvgIpc) is 2.74. The molecule has 0 unspecified atom stereocenters. The van der Waals surface area contributed by atoms with Gasteiger partial charge < -0.3 is 9.47 Å². The van der Waals surface area contributed by atoms with Gasteiger partial charge in [-0.3, -0.25) is 4.79 Å². The minimum atomic E-state index is -0.0773. The topological polar surface area (TPSA) is 38.1 Å². The van der Waals surface area contributed by atoms with Gasteiger partial charge in [0, 0.05) is 36.0 Å². The van der Waals surface area contributed by atoms with Gasteiger partial charge >= 0.3 is 0 Å². The molecule has 0 aliphatic heterocycles. The van der Waals surface area contributed by atoms with Gasteiger partial charge in [0.2, 0.25) is 0 Å². The van der Waals surface area contributed by atoms with Crippen molar-refractivity contribution in [3.05, 3.63) is 51.5 Å². The number of halogens is 2. The highest BCUT2D eigenvalue weighted by molar-refractivity contribution is 9.10. The van der Waals surface area contributed by atoms with E-state index in [9.17, 15) is 4.79 Å². The lowest BCUT2D eigenvalue weighted by Gasteiger charge is -2.17. The molecular weight excluding hydrogens is 330 g/mol. The summed E-state index contributed by atoms with van der Waals surface area (Å²) in [5.74, 6) is 0.757. The van der Waals surface area contributed by atoms with Crippen LogP contribution in [0.15, 0.2) is 35.1 Å². The molecule has 4 nitrogen and oxygen atoms in total. The summed E-state index contributed by atoms with van der Waals surface area (Å²) in [6, 6.07) is 5.13. The number of rotatable bonds is 3. The number of imidazole rings is 1. The monoisotopic (exact) mass is 341 g/mol. The van der Waals surface area contributed by atoms with Crippen LogP contribution < -0.4 is 0 Å². The van der Waals surface area contributed by atoms with Gasteiger partial charge in [-0.15, -0.1) is 0 Å². The number of amides is 1. The van der Waals surface area contributed by atoms with Gasteiger partial charge in [0.05, 0.1) is 12.1 Å². The van der Waals surface area contributed by atoms with E-state index in [1.165, 1.54) is 0 Å². The molecule has 0 bridgehead atoms. The summed E-state index contributed by atoms with van der Waals surface area (Å²) in [6.07, 6.45) is 3.57. The molecule has 2 aromatic rings. The first kappa shape index (κ1) is 14.1. The Kier molecular flexibility index (Phi) is 4.27. The second-order valence-corrected chi connectivity index (χ2v) is 5.53. The van der Waals surface area contributed by atoms with Crippen molar-refractivity contribution in [3.8, 4) is 0 Å². The van der Waals surface area contributed by atoms with Crippen molar-refractivity contribution in [3.63, 3.8) is 0 Å². The highest BCUT2D eigenvalue weighted by Crippen LogP contribution is 2.22. The molecule has 0 spiro atoms. The van der Waals surface area contributed by atoms with Crippen LogP contribution in [0.2, 0.25) is 5.02 Å². The maximum atomic E-state index is 12.3. The fourth-order valence-electron chi connectivity index (χ4n) is 1.70. The fraction of sp³-hybridized carbons (Fsp3) is 0.231. The summed E-state index contributed by atoms with van der Waals surface area (Å²) in [4.78, 5) is 18.2. The number of aromatic nitrogens is 2. The molecule has 0 saturated heterocycles. The third kappa shape index (κ3) is 3.16. The Bertz CT molecular complexity index is 612. The number of carbonyl (C=O) groups is 1. The quantitative estimate of drug-likeness (QED) is 0.859. The van der Waals surface area contributed by atoms with Gasteiger partial charge in [-0.05, 0) is 34.1 Å². The van der Waals surface area contributed by atoms with Crippen LogP contribution in [0.1, 0.15) is 16.2 Å². The summed E-state index contributed by atoms with van der Waals surface area (Å²) >= 11 is 9.22. The Morgan fingerprint density at radius 2 is 2.26 bits per heavy atom. The molecule has 1 aromatic heterocycles. The molecule has 19 heavy (non-hydrogen) atoms. The van der Waals surface area contributed by atoms with Crippen LogP contribution in [-0.4, -0.2) is 27.4 Å². The molecule has 0 N–H and O–H groups in total. The molecule has 0 radical (unpaired) electrons. The molecular formula is C13H13BrClN3O. The summed E-state index contributed by atoms with van der Waals surface area (Å²) in [6.45, 7) is 0.456. The fourth-order valence-corrected chi connectivity index (χ4v) is 2.55. The zero-order chi connectivity index (χ0) is 14.0. The van der Waals surface area contributed by atoms with Gasteiger partial charge in [0.1, 0.15) is 5.82 Å². The molecule has 1 amide bonds. The number of aryl methyl sites for hydroxylation is 1. The third-order valence-electron chi connectivity index (χ3n) is 2.81. The highest BCUT2D eigenvalue weighted by atomic mass is 79.9. The van der Waals surface area contributed by atoms with E-state index in [0.29, 0.717) is 21.6 Å². The Labute approximate surface area is 125 Å². The van der Waals surface area contributed by atoms with Crippen LogP contribution >= 0.6 is 27.5 Å². The lowest BCUT2D eigenvalue weighted by Crippen LogP contribution is -2.27. The normalized spacial score (nSPS) is 10.5. The molecule has 1 heterocycles. The molecule has 6 heteroatoms. The van der Waals surface area contributed by atoms with Crippen LogP contribution in [0.5, 0.6) is 0 Å². The summed E-state index contributed by atoms with van der Waals surface area (Å²) in [5, 5.41) is 0.593. The maximum Gasteiger partial charge on any atom is 0.255 e. The minimum Gasteiger partial charge on any atom is -0.337 e. The van der Waals surface area contributed by atoms with Crippen molar-refractivity contribution in [1.29, 1.82) is 0 Å². The number of hydrogen-bond acceptors (Lipinski definition) is 2. The second-order valence-electron chi connectivity index (χ2n) is 4.24.